The zero-order valence-electron chi connectivity index (χ0n) is 19.0. The van der Waals surface area contributed by atoms with Crippen molar-refractivity contribution in [2.75, 3.05) is 11.1 Å². The van der Waals surface area contributed by atoms with Gasteiger partial charge >= 0.3 is 0 Å². The normalized spacial score (nSPS) is 10.8. The van der Waals surface area contributed by atoms with Crippen molar-refractivity contribution < 1.29 is 4.79 Å². The minimum absolute atomic E-state index is 0.122. The molecule has 2 aromatic heterocycles. The summed E-state index contributed by atoms with van der Waals surface area (Å²) in [5, 5.41) is 22.6. The summed E-state index contributed by atoms with van der Waals surface area (Å²) < 4.78 is 3.85. The largest absolute Gasteiger partial charge is 0.310 e. The van der Waals surface area contributed by atoms with Gasteiger partial charge in [-0.1, -0.05) is 53.7 Å². The molecule has 1 amide bonds. The Morgan fingerprint density at radius 1 is 1.15 bits per heavy atom. The van der Waals surface area contributed by atoms with Gasteiger partial charge in [-0.15, -0.1) is 10.2 Å². The molecular weight excluding hydrogens is 468 g/mol. The molecule has 0 aliphatic carbocycles. The maximum Gasteiger partial charge on any atom is 0.236 e. The number of carbonyl (C=O) groups is 1. The Kier molecular flexibility index (Phi) is 7.06. The van der Waals surface area contributed by atoms with E-state index in [9.17, 15) is 10.1 Å². The number of carbonyl (C=O) groups excluding carboxylic acids is 1. The van der Waals surface area contributed by atoms with Gasteiger partial charge in [0.1, 0.15) is 11.9 Å². The molecule has 0 saturated carbocycles. The number of thioether (sulfide) groups is 1. The molecule has 34 heavy (non-hydrogen) atoms. The van der Waals surface area contributed by atoms with Crippen LogP contribution in [0.5, 0.6) is 0 Å². The Morgan fingerprint density at radius 2 is 1.91 bits per heavy atom. The average Bonchev–Trinajstić information content (AvgIpc) is 3.36. The summed E-state index contributed by atoms with van der Waals surface area (Å²) >= 11 is 7.43. The van der Waals surface area contributed by atoms with Crippen LogP contribution in [-0.4, -0.2) is 31.0 Å². The molecule has 2 aromatic carbocycles. The third kappa shape index (κ3) is 4.58. The summed E-state index contributed by atoms with van der Waals surface area (Å²) in [5.41, 5.74) is 3.95. The third-order valence-electron chi connectivity index (χ3n) is 5.55. The second-order valence-corrected chi connectivity index (χ2v) is 8.99. The smallest absolute Gasteiger partial charge is 0.236 e. The minimum atomic E-state index is -0.230. The lowest BCUT2D eigenvalue weighted by molar-refractivity contribution is -0.113. The van der Waals surface area contributed by atoms with Crippen molar-refractivity contribution >= 4 is 35.1 Å². The molecule has 0 spiro atoms. The SMILES string of the molecule is CCn1c(SCC(=O)Nc2c(C#N)c(C)c(C)n2-c2ccccc2)nnc1-c1cccc(Cl)c1. The highest BCUT2D eigenvalue weighted by atomic mass is 35.5. The van der Waals surface area contributed by atoms with E-state index in [1.54, 1.807) is 0 Å². The number of rotatable bonds is 7. The van der Waals surface area contributed by atoms with E-state index >= 15 is 0 Å². The molecule has 0 atom stereocenters. The van der Waals surface area contributed by atoms with Crippen molar-refractivity contribution in [3.05, 3.63) is 76.4 Å². The third-order valence-corrected chi connectivity index (χ3v) is 6.75. The number of para-hydroxylation sites is 1. The second-order valence-electron chi connectivity index (χ2n) is 7.61. The van der Waals surface area contributed by atoms with Crippen LogP contribution in [0.15, 0.2) is 59.8 Å². The van der Waals surface area contributed by atoms with E-state index in [-0.39, 0.29) is 11.7 Å². The molecule has 7 nitrogen and oxygen atoms in total. The van der Waals surface area contributed by atoms with Gasteiger partial charge < -0.3 is 9.88 Å². The summed E-state index contributed by atoms with van der Waals surface area (Å²) in [6, 6.07) is 19.3. The number of hydrogen-bond acceptors (Lipinski definition) is 5. The summed E-state index contributed by atoms with van der Waals surface area (Å²) in [6.45, 7) is 6.47. The lowest BCUT2D eigenvalue weighted by Gasteiger charge is -2.13. The quantitative estimate of drug-likeness (QED) is 0.339. The highest BCUT2D eigenvalue weighted by Gasteiger charge is 2.21. The number of nitrogens with zero attached hydrogens (tertiary/aromatic N) is 5. The van der Waals surface area contributed by atoms with Crippen molar-refractivity contribution in [1.29, 1.82) is 5.26 Å². The van der Waals surface area contributed by atoms with Crippen LogP contribution in [0, 0.1) is 25.2 Å². The molecule has 9 heteroatoms. The first kappa shape index (κ1) is 23.6. The number of aromatic nitrogens is 4. The first-order chi connectivity index (χ1) is 16.4. The highest BCUT2D eigenvalue weighted by molar-refractivity contribution is 7.99. The van der Waals surface area contributed by atoms with Crippen molar-refractivity contribution in [2.45, 2.75) is 32.5 Å². The molecule has 0 bridgehead atoms. The number of nitriles is 1. The van der Waals surface area contributed by atoms with Crippen molar-refractivity contribution in [3.8, 4) is 23.1 Å². The van der Waals surface area contributed by atoms with Crippen LogP contribution in [0.25, 0.3) is 17.1 Å². The van der Waals surface area contributed by atoms with E-state index in [0.29, 0.717) is 33.9 Å². The van der Waals surface area contributed by atoms with Crippen LogP contribution in [-0.2, 0) is 11.3 Å². The van der Waals surface area contributed by atoms with Crippen LogP contribution in [0.4, 0.5) is 5.82 Å². The monoisotopic (exact) mass is 490 g/mol. The number of amides is 1. The van der Waals surface area contributed by atoms with Crippen LogP contribution in [0.2, 0.25) is 5.02 Å². The standard InChI is InChI=1S/C25H23ClN6OS/c1-4-31-23(18-9-8-10-19(26)13-18)29-30-25(31)34-15-22(33)28-24-21(14-27)16(2)17(3)32(24)20-11-6-5-7-12-20/h5-13H,4,15H2,1-3H3,(H,28,33). The van der Waals surface area contributed by atoms with Crippen LogP contribution >= 0.6 is 23.4 Å². The molecule has 0 saturated heterocycles. The summed E-state index contributed by atoms with van der Waals surface area (Å²) in [7, 11) is 0. The summed E-state index contributed by atoms with van der Waals surface area (Å²) in [6.07, 6.45) is 0. The molecule has 0 radical (unpaired) electrons. The molecule has 0 fully saturated rings. The van der Waals surface area contributed by atoms with Gasteiger partial charge in [-0.05, 0) is 50.6 Å². The van der Waals surface area contributed by atoms with Crippen LogP contribution in [0.3, 0.4) is 0 Å². The van der Waals surface area contributed by atoms with Gasteiger partial charge in [0.25, 0.3) is 0 Å². The Labute approximate surface area is 207 Å². The maximum absolute atomic E-state index is 12.9. The molecule has 1 N–H and O–H groups in total. The van der Waals surface area contributed by atoms with Gasteiger partial charge in [0.2, 0.25) is 5.91 Å². The number of anilines is 1. The van der Waals surface area contributed by atoms with Crippen molar-refractivity contribution in [3.63, 3.8) is 0 Å². The Hall–Kier alpha value is -3.54. The van der Waals surface area contributed by atoms with Crippen molar-refractivity contribution in [2.24, 2.45) is 0 Å². The lowest BCUT2D eigenvalue weighted by Crippen LogP contribution is -2.18. The Morgan fingerprint density at radius 3 is 2.59 bits per heavy atom. The maximum atomic E-state index is 12.9. The van der Waals surface area contributed by atoms with Crippen LogP contribution < -0.4 is 5.32 Å². The molecule has 0 aliphatic heterocycles. The van der Waals surface area contributed by atoms with Gasteiger partial charge in [-0.3, -0.25) is 9.36 Å². The predicted octanol–water partition coefficient (Wildman–Crippen LogP) is 5.63. The highest BCUT2D eigenvalue weighted by Crippen LogP contribution is 2.31. The molecule has 172 valence electrons. The first-order valence-electron chi connectivity index (χ1n) is 10.7. The van der Waals surface area contributed by atoms with E-state index in [1.807, 2.05) is 84.5 Å². The number of benzene rings is 2. The van der Waals surface area contributed by atoms with Crippen molar-refractivity contribution in [1.82, 2.24) is 19.3 Å². The zero-order valence-corrected chi connectivity index (χ0v) is 20.6. The minimum Gasteiger partial charge on any atom is -0.310 e. The predicted molar refractivity (Wildman–Crippen MR) is 135 cm³/mol. The summed E-state index contributed by atoms with van der Waals surface area (Å²) in [5.74, 6) is 1.07. The van der Waals surface area contributed by atoms with Crippen LogP contribution in [0.1, 0.15) is 23.7 Å². The molecule has 0 aliphatic rings. The first-order valence-corrected chi connectivity index (χ1v) is 12.1. The molecule has 4 aromatic rings. The van der Waals surface area contributed by atoms with E-state index < -0.39 is 0 Å². The fraction of sp³-hybridized carbons (Fsp3) is 0.200. The van der Waals surface area contributed by atoms with E-state index in [4.69, 9.17) is 11.6 Å². The van der Waals surface area contributed by atoms with E-state index in [2.05, 4.69) is 21.6 Å². The number of hydrogen-bond donors (Lipinski definition) is 1. The fourth-order valence-electron chi connectivity index (χ4n) is 3.78. The molecular formula is C25H23ClN6OS. The van der Waals surface area contributed by atoms with E-state index in [1.165, 1.54) is 11.8 Å². The Bertz CT molecular complexity index is 1390. The van der Waals surface area contributed by atoms with Gasteiger partial charge in [-0.2, -0.15) is 5.26 Å². The van der Waals surface area contributed by atoms with Gasteiger partial charge in [0, 0.05) is 28.5 Å². The second kappa shape index (κ2) is 10.2. The Balaban J connectivity index is 1.56. The number of nitrogens with one attached hydrogen (secondary N) is 1. The molecule has 2 heterocycles. The zero-order chi connectivity index (χ0) is 24.2. The topological polar surface area (TPSA) is 88.5 Å². The fourth-order valence-corrected chi connectivity index (χ4v) is 4.77. The van der Waals surface area contributed by atoms with Gasteiger partial charge in [0.15, 0.2) is 11.0 Å². The average molecular weight is 491 g/mol. The van der Waals surface area contributed by atoms with E-state index in [0.717, 1.165) is 22.5 Å². The van der Waals surface area contributed by atoms with Gasteiger partial charge in [0.05, 0.1) is 11.3 Å². The van der Waals surface area contributed by atoms with Gasteiger partial charge in [-0.25, -0.2) is 0 Å². The molecule has 0 unspecified atom stereocenters. The lowest BCUT2D eigenvalue weighted by atomic mass is 10.2. The number of halogens is 1. The summed E-state index contributed by atoms with van der Waals surface area (Å²) in [4.78, 5) is 12.9. The molecule has 4 rings (SSSR count).